The van der Waals surface area contributed by atoms with Crippen LogP contribution in [0.1, 0.15) is 27.8 Å². The van der Waals surface area contributed by atoms with Crippen molar-refractivity contribution < 1.29 is 13.5 Å². The van der Waals surface area contributed by atoms with Gasteiger partial charge < -0.3 is 5.11 Å². The molecule has 0 radical (unpaired) electrons. The van der Waals surface area contributed by atoms with Gasteiger partial charge in [0.1, 0.15) is 5.75 Å². The maximum Gasteiger partial charge on any atom is 0.269 e. The first-order chi connectivity index (χ1) is 18.1. The predicted molar refractivity (Wildman–Crippen MR) is 155 cm³/mol. The van der Waals surface area contributed by atoms with Crippen molar-refractivity contribution in [1.29, 1.82) is 0 Å². The van der Waals surface area contributed by atoms with Crippen LogP contribution < -0.4 is 4.31 Å². The Bertz CT molecular complexity index is 1750. The third-order valence-corrected chi connectivity index (χ3v) is 9.57. The van der Waals surface area contributed by atoms with E-state index in [1.54, 1.807) is 24.4 Å². The third-order valence-electron chi connectivity index (χ3n) is 7.56. The topological polar surface area (TPSA) is 70.5 Å². The van der Waals surface area contributed by atoms with Gasteiger partial charge in [-0.15, -0.1) is 0 Å². The minimum atomic E-state index is -4.03. The fourth-order valence-electron chi connectivity index (χ4n) is 5.06. The van der Waals surface area contributed by atoms with E-state index in [9.17, 15) is 13.5 Å². The molecule has 5 rings (SSSR count). The molecular formula is C32H30N2O3S. The molecule has 4 aromatic carbocycles. The van der Waals surface area contributed by atoms with E-state index in [-0.39, 0.29) is 5.75 Å². The molecule has 0 aliphatic rings. The monoisotopic (exact) mass is 522 g/mol. The van der Waals surface area contributed by atoms with Crippen molar-refractivity contribution in [3.05, 3.63) is 113 Å². The van der Waals surface area contributed by atoms with Crippen molar-refractivity contribution >= 4 is 32.3 Å². The third kappa shape index (κ3) is 4.21. The standard InChI is InChI=1S/C32H30N2O3S/c1-20-21(2)23(4)32(24(5)22(20)3)38(36,37)34(27-9-7-6-8-10-27)31-17-18-33-30-16-13-26(19-29(30)31)25-11-14-28(35)15-12-25/h6-19,35H,1-5H3. The molecule has 0 amide bonds. The molecular weight excluding hydrogens is 492 g/mol. The van der Waals surface area contributed by atoms with Crippen LogP contribution in [0.5, 0.6) is 5.75 Å². The number of phenolic OH excluding ortho intramolecular Hbond substituents is 1. The van der Waals surface area contributed by atoms with Crippen molar-refractivity contribution in [2.75, 3.05) is 4.31 Å². The summed E-state index contributed by atoms with van der Waals surface area (Å²) in [5.74, 6) is 0.188. The highest BCUT2D eigenvalue weighted by molar-refractivity contribution is 7.93. The molecule has 0 atom stereocenters. The van der Waals surface area contributed by atoms with E-state index in [0.717, 1.165) is 38.9 Å². The van der Waals surface area contributed by atoms with Crippen molar-refractivity contribution in [2.24, 2.45) is 0 Å². The molecule has 6 heteroatoms. The molecule has 0 aliphatic carbocycles. The SMILES string of the molecule is Cc1c(C)c(C)c(S(=O)(=O)N(c2ccccc2)c2ccnc3ccc(-c4ccc(O)cc4)cc23)c(C)c1C. The number of para-hydroxylation sites is 1. The zero-order valence-electron chi connectivity index (χ0n) is 22.1. The molecule has 0 saturated carbocycles. The smallest absolute Gasteiger partial charge is 0.269 e. The Morgan fingerprint density at radius 1 is 0.684 bits per heavy atom. The Labute approximate surface area is 224 Å². The summed E-state index contributed by atoms with van der Waals surface area (Å²) >= 11 is 0. The van der Waals surface area contributed by atoms with Gasteiger partial charge in [-0.1, -0.05) is 36.4 Å². The molecule has 0 fully saturated rings. The lowest BCUT2D eigenvalue weighted by Gasteiger charge is -2.29. The number of aromatic hydroxyl groups is 1. The number of sulfonamides is 1. The molecule has 5 nitrogen and oxygen atoms in total. The number of pyridine rings is 1. The van der Waals surface area contributed by atoms with E-state index >= 15 is 0 Å². The number of phenols is 1. The first kappa shape index (κ1) is 25.5. The summed E-state index contributed by atoms with van der Waals surface area (Å²) in [5.41, 5.74) is 8.15. The number of hydrogen-bond donors (Lipinski definition) is 1. The fraction of sp³-hybridized carbons (Fsp3) is 0.156. The molecule has 1 heterocycles. The second-order valence-electron chi connectivity index (χ2n) is 9.67. The number of nitrogens with zero attached hydrogens (tertiary/aromatic N) is 2. The van der Waals surface area contributed by atoms with Gasteiger partial charge in [0, 0.05) is 11.6 Å². The molecule has 1 aromatic heterocycles. The van der Waals surface area contributed by atoms with Gasteiger partial charge in [0.15, 0.2) is 0 Å². The van der Waals surface area contributed by atoms with E-state index in [1.165, 1.54) is 4.31 Å². The molecule has 1 N–H and O–H groups in total. The highest BCUT2D eigenvalue weighted by atomic mass is 32.2. The minimum absolute atomic E-state index is 0.188. The highest BCUT2D eigenvalue weighted by Crippen LogP contribution is 2.41. The number of rotatable bonds is 5. The number of aromatic nitrogens is 1. The van der Waals surface area contributed by atoms with E-state index in [4.69, 9.17) is 0 Å². The van der Waals surface area contributed by atoms with Gasteiger partial charge in [-0.25, -0.2) is 12.7 Å². The largest absolute Gasteiger partial charge is 0.508 e. The normalized spacial score (nSPS) is 11.6. The molecule has 5 aromatic rings. The summed E-state index contributed by atoms with van der Waals surface area (Å²) in [7, 11) is -4.03. The number of hydrogen-bond acceptors (Lipinski definition) is 4. The van der Waals surface area contributed by atoms with Gasteiger partial charge in [0.25, 0.3) is 10.0 Å². The molecule has 192 valence electrons. The van der Waals surface area contributed by atoms with Crippen LogP contribution in [-0.4, -0.2) is 18.5 Å². The van der Waals surface area contributed by atoms with Crippen molar-refractivity contribution in [2.45, 2.75) is 39.5 Å². The molecule has 0 bridgehead atoms. The summed E-state index contributed by atoms with van der Waals surface area (Å²) in [5, 5.41) is 10.4. The summed E-state index contributed by atoms with van der Waals surface area (Å²) in [4.78, 5) is 4.87. The summed E-state index contributed by atoms with van der Waals surface area (Å²) < 4.78 is 30.9. The van der Waals surface area contributed by atoms with Gasteiger partial charge in [-0.05, 0) is 116 Å². The Morgan fingerprint density at radius 3 is 1.89 bits per heavy atom. The van der Waals surface area contributed by atoms with Gasteiger partial charge in [-0.2, -0.15) is 0 Å². The van der Waals surface area contributed by atoms with E-state index in [2.05, 4.69) is 4.98 Å². The van der Waals surface area contributed by atoms with Crippen LogP contribution in [0.15, 0.2) is 90.0 Å². The van der Waals surface area contributed by atoms with Crippen LogP contribution in [0.3, 0.4) is 0 Å². The number of benzene rings is 4. The van der Waals surface area contributed by atoms with Crippen molar-refractivity contribution in [1.82, 2.24) is 4.98 Å². The predicted octanol–water partition coefficient (Wildman–Crippen LogP) is 7.68. The lowest BCUT2D eigenvalue weighted by Crippen LogP contribution is -2.28. The summed E-state index contributed by atoms with van der Waals surface area (Å²) in [6.45, 7) is 9.78. The van der Waals surface area contributed by atoms with Gasteiger partial charge in [0.2, 0.25) is 0 Å². The lowest BCUT2D eigenvalue weighted by atomic mass is 9.95. The van der Waals surface area contributed by atoms with E-state index in [0.29, 0.717) is 27.2 Å². The highest BCUT2D eigenvalue weighted by Gasteiger charge is 2.32. The van der Waals surface area contributed by atoms with Crippen LogP contribution in [0.25, 0.3) is 22.0 Å². The lowest BCUT2D eigenvalue weighted by molar-refractivity contribution is 0.475. The van der Waals surface area contributed by atoms with Gasteiger partial charge >= 0.3 is 0 Å². The van der Waals surface area contributed by atoms with Crippen LogP contribution in [0, 0.1) is 34.6 Å². The fourth-order valence-corrected chi connectivity index (χ4v) is 7.14. The Morgan fingerprint density at radius 2 is 1.26 bits per heavy atom. The molecule has 0 saturated heterocycles. The van der Waals surface area contributed by atoms with Gasteiger partial charge in [-0.3, -0.25) is 4.98 Å². The second-order valence-corrected chi connectivity index (χ2v) is 11.4. The van der Waals surface area contributed by atoms with Gasteiger partial charge in [0.05, 0.1) is 21.8 Å². The van der Waals surface area contributed by atoms with E-state index in [1.807, 2.05) is 95.3 Å². The Kier molecular flexibility index (Phi) is 6.45. The van der Waals surface area contributed by atoms with E-state index < -0.39 is 10.0 Å². The van der Waals surface area contributed by atoms with Crippen LogP contribution >= 0.6 is 0 Å². The molecule has 0 unspecified atom stereocenters. The Hall–Kier alpha value is -4.16. The van der Waals surface area contributed by atoms with Crippen molar-refractivity contribution in [3.63, 3.8) is 0 Å². The maximum absolute atomic E-state index is 14.7. The zero-order valence-corrected chi connectivity index (χ0v) is 23.0. The minimum Gasteiger partial charge on any atom is -0.508 e. The maximum atomic E-state index is 14.7. The summed E-state index contributed by atoms with van der Waals surface area (Å²) in [6, 6.07) is 23.7. The van der Waals surface area contributed by atoms with Crippen LogP contribution in [0.4, 0.5) is 11.4 Å². The van der Waals surface area contributed by atoms with Crippen LogP contribution in [-0.2, 0) is 10.0 Å². The first-order valence-electron chi connectivity index (χ1n) is 12.5. The Balaban J connectivity index is 1.82. The average Bonchev–Trinajstić information content (AvgIpc) is 2.91. The second kappa shape index (κ2) is 9.62. The zero-order chi connectivity index (χ0) is 27.2. The molecule has 38 heavy (non-hydrogen) atoms. The number of fused-ring (bicyclic) bond motifs is 1. The molecule has 0 aliphatic heterocycles. The molecule has 0 spiro atoms. The summed E-state index contributed by atoms with van der Waals surface area (Å²) in [6.07, 6.45) is 1.65. The van der Waals surface area contributed by atoms with Crippen molar-refractivity contribution in [3.8, 4) is 16.9 Å². The first-order valence-corrected chi connectivity index (χ1v) is 13.9. The quantitative estimate of drug-likeness (QED) is 0.257. The number of anilines is 2. The van der Waals surface area contributed by atoms with Crippen LogP contribution in [0.2, 0.25) is 0 Å². The average molecular weight is 523 g/mol.